The number of nitrogens with one attached hydrogen (secondary N) is 1. The van der Waals surface area contributed by atoms with Crippen LogP contribution in [0.1, 0.15) is 26.2 Å². The van der Waals surface area contributed by atoms with Gasteiger partial charge in [-0.2, -0.15) is 4.31 Å². The fraction of sp³-hybridized carbons (Fsp3) is 1.00. The highest BCUT2D eigenvalue weighted by Gasteiger charge is 2.35. The van der Waals surface area contributed by atoms with Gasteiger partial charge in [0.25, 0.3) is 0 Å². The van der Waals surface area contributed by atoms with Crippen molar-refractivity contribution >= 4 is 19.9 Å². The van der Waals surface area contributed by atoms with Gasteiger partial charge < -0.3 is 5.32 Å². The van der Waals surface area contributed by atoms with E-state index >= 15 is 0 Å². The Labute approximate surface area is 121 Å². The predicted molar refractivity (Wildman–Crippen MR) is 78.8 cm³/mol. The van der Waals surface area contributed by atoms with Gasteiger partial charge in [-0.25, -0.2) is 16.8 Å². The number of nitrogens with zero attached hydrogens (tertiary/aromatic N) is 1. The molecule has 0 spiro atoms. The molecule has 0 saturated carbocycles. The zero-order valence-electron chi connectivity index (χ0n) is 11.9. The summed E-state index contributed by atoms with van der Waals surface area (Å²) in [7, 11) is -6.41. The molecule has 2 fully saturated rings. The molecule has 8 heteroatoms. The van der Waals surface area contributed by atoms with Crippen molar-refractivity contribution in [3.63, 3.8) is 0 Å². The van der Waals surface area contributed by atoms with E-state index < -0.39 is 25.9 Å². The lowest BCUT2D eigenvalue weighted by Crippen LogP contribution is -2.50. The summed E-state index contributed by atoms with van der Waals surface area (Å²) < 4.78 is 49.1. The Hall–Kier alpha value is -0.180. The van der Waals surface area contributed by atoms with Crippen LogP contribution in [0.4, 0.5) is 0 Å². The van der Waals surface area contributed by atoms with Gasteiger partial charge in [-0.05, 0) is 45.2 Å². The Kier molecular flexibility index (Phi) is 5.09. The number of hydrogen-bond acceptors (Lipinski definition) is 5. The minimum absolute atomic E-state index is 0.0517. The summed E-state index contributed by atoms with van der Waals surface area (Å²) in [6.07, 6.45) is 2.74. The van der Waals surface area contributed by atoms with Crippen molar-refractivity contribution in [2.75, 3.05) is 36.9 Å². The Morgan fingerprint density at radius 3 is 2.50 bits per heavy atom. The van der Waals surface area contributed by atoms with Crippen LogP contribution in [0.5, 0.6) is 0 Å². The molecule has 0 aromatic carbocycles. The zero-order chi connectivity index (χ0) is 14.8. The zero-order valence-corrected chi connectivity index (χ0v) is 13.5. The Morgan fingerprint density at radius 1 is 1.25 bits per heavy atom. The van der Waals surface area contributed by atoms with Crippen LogP contribution in [0.15, 0.2) is 0 Å². The fourth-order valence-corrected chi connectivity index (χ4v) is 6.62. The van der Waals surface area contributed by atoms with Gasteiger partial charge in [0, 0.05) is 12.6 Å². The molecule has 0 amide bonds. The summed E-state index contributed by atoms with van der Waals surface area (Å²) in [5, 5.41) is 3.26. The lowest BCUT2D eigenvalue weighted by atomic mass is 9.96. The highest BCUT2D eigenvalue weighted by atomic mass is 32.2. The van der Waals surface area contributed by atoms with Crippen molar-refractivity contribution in [3.8, 4) is 0 Å². The lowest BCUT2D eigenvalue weighted by Gasteiger charge is -2.32. The summed E-state index contributed by atoms with van der Waals surface area (Å²) in [6.45, 7) is 3.71. The third-order valence-electron chi connectivity index (χ3n) is 4.21. The first-order chi connectivity index (χ1) is 9.30. The molecule has 20 heavy (non-hydrogen) atoms. The fourth-order valence-electron chi connectivity index (χ4n) is 3.00. The van der Waals surface area contributed by atoms with Gasteiger partial charge in [0.2, 0.25) is 10.0 Å². The van der Waals surface area contributed by atoms with E-state index in [1.165, 1.54) is 4.31 Å². The highest BCUT2D eigenvalue weighted by molar-refractivity contribution is 7.92. The molecule has 0 bridgehead atoms. The first-order valence-electron chi connectivity index (χ1n) is 7.21. The lowest BCUT2D eigenvalue weighted by molar-refractivity contribution is 0.342. The first-order valence-corrected chi connectivity index (χ1v) is 10.6. The smallest absolute Gasteiger partial charge is 0.214 e. The summed E-state index contributed by atoms with van der Waals surface area (Å²) in [6, 6.07) is -0.438. The molecule has 6 nitrogen and oxygen atoms in total. The van der Waals surface area contributed by atoms with Gasteiger partial charge in [0.1, 0.15) is 0 Å². The Bertz CT molecular complexity index is 524. The Balaban J connectivity index is 1.92. The molecule has 1 N–H and O–H groups in total. The van der Waals surface area contributed by atoms with Gasteiger partial charge in [-0.1, -0.05) is 0 Å². The van der Waals surface area contributed by atoms with Crippen LogP contribution >= 0.6 is 0 Å². The van der Waals surface area contributed by atoms with E-state index in [1.807, 2.05) is 0 Å². The SMILES string of the molecule is CC1CS(=O)(=O)CCN1S(=O)(=O)CCC1CCNCC1. The predicted octanol–water partition coefficient (Wildman–Crippen LogP) is -0.175. The number of sulfonamides is 1. The molecule has 0 aromatic rings. The average molecular weight is 324 g/mol. The van der Waals surface area contributed by atoms with Crippen LogP contribution in [-0.4, -0.2) is 64.1 Å². The quantitative estimate of drug-likeness (QED) is 0.776. The maximum atomic E-state index is 12.4. The molecule has 2 saturated heterocycles. The molecule has 0 radical (unpaired) electrons. The topological polar surface area (TPSA) is 83.6 Å². The summed E-state index contributed by atoms with van der Waals surface area (Å²) in [4.78, 5) is 0. The third-order valence-corrected chi connectivity index (χ3v) is 8.01. The standard InChI is InChI=1S/C12H24N2O4S2/c1-11-10-19(15,16)9-7-14(11)20(17,18)8-4-12-2-5-13-6-3-12/h11-13H,2-10H2,1H3. The first kappa shape index (κ1) is 16.2. The van der Waals surface area contributed by atoms with Gasteiger partial charge in [-0.15, -0.1) is 0 Å². The molecular weight excluding hydrogens is 300 g/mol. The van der Waals surface area contributed by atoms with Crippen LogP contribution in [0.2, 0.25) is 0 Å². The van der Waals surface area contributed by atoms with E-state index in [0.717, 1.165) is 25.9 Å². The van der Waals surface area contributed by atoms with Gasteiger partial charge in [-0.3, -0.25) is 0 Å². The van der Waals surface area contributed by atoms with Gasteiger partial charge in [0.15, 0.2) is 9.84 Å². The Morgan fingerprint density at radius 2 is 1.90 bits per heavy atom. The molecule has 2 heterocycles. The number of piperidine rings is 1. The normalized spacial score (nSPS) is 29.4. The van der Waals surface area contributed by atoms with E-state index in [4.69, 9.17) is 0 Å². The maximum absolute atomic E-state index is 12.4. The number of sulfone groups is 1. The van der Waals surface area contributed by atoms with E-state index in [0.29, 0.717) is 12.3 Å². The number of hydrogen-bond donors (Lipinski definition) is 1. The van der Waals surface area contributed by atoms with E-state index in [-0.39, 0.29) is 23.8 Å². The summed E-state index contributed by atoms with van der Waals surface area (Å²) in [5.74, 6) is 0.501. The summed E-state index contributed by atoms with van der Waals surface area (Å²) in [5.41, 5.74) is 0. The summed E-state index contributed by atoms with van der Waals surface area (Å²) >= 11 is 0. The molecule has 2 rings (SSSR count). The van der Waals surface area contributed by atoms with Crippen molar-refractivity contribution in [1.29, 1.82) is 0 Å². The number of rotatable bonds is 4. The second-order valence-corrected chi connectivity index (χ2v) is 10.1. The van der Waals surface area contributed by atoms with Crippen LogP contribution in [-0.2, 0) is 19.9 Å². The third kappa shape index (κ3) is 4.16. The molecule has 0 aromatic heterocycles. The van der Waals surface area contributed by atoms with E-state index in [9.17, 15) is 16.8 Å². The molecule has 1 unspecified atom stereocenters. The van der Waals surface area contributed by atoms with Crippen molar-refractivity contribution in [2.45, 2.75) is 32.2 Å². The van der Waals surface area contributed by atoms with E-state index in [1.54, 1.807) is 6.92 Å². The highest BCUT2D eigenvalue weighted by Crippen LogP contribution is 2.21. The minimum Gasteiger partial charge on any atom is -0.317 e. The van der Waals surface area contributed by atoms with Crippen LogP contribution in [0.25, 0.3) is 0 Å². The van der Waals surface area contributed by atoms with Crippen LogP contribution < -0.4 is 5.32 Å². The second kappa shape index (κ2) is 6.29. The molecule has 1 atom stereocenters. The van der Waals surface area contributed by atoms with Gasteiger partial charge in [0.05, 0.1) is 17.3 Å². The van der Waals surface area contributed by atoms with Crippen LogP contribution in [0, 0.1) is 5.92 Å². The monoisotopic (exact) mass is 324 g/mol. The second-order valence-electron chi connectivity index (χ2n) is 5.87. The van der Waals surface area contributed by atoms with Crippen molar-refractivity contribution in [1.82, 2.24) is 9.62 Å². The molecule has 2 aliphatic rings. The molecule has 0 aliphatic carbocycles. The van der Waals surface area contributed by atoms with Crippen molar-refractivity contribution < 1.29 is 16.8 Å². The van der Waals surface area contributed by atoms with Crippen molar-refractivity contribution in [3.05, 3.63) is 0 Å². The molecular formula is C12H24N2O4S2. The largest absolute Gasteiger partial charge is 0.317 e. The maximum Gasteiger partial charge on any atom is 0.214 e. The van der Waals surface area contributed by atoms with Gasteiger partial charge >= 0.3 is 0 Å². The minimum atomic E-state index is -3.33. The van der Waals surface area contributed by atoms with Crippen molar-refractivity contribution in [2.24, 2.45) is 5.92 Å². The van der Waals surface area contributed by atoms with Crippen LogP contribution in [0.3, 0.4) is 0 Å². The molecule has 2 aliphatic heterocycles. The van der Waals surface area contributed by atoms with E-state index in [2.05, 4.69) is 5.32 Å². The average Bonchev–Trinajstić information content (AvgIpc) is 2.36. The molecule has 118 valence electrons.